The highest BCUT2D eigenvalue weighted by atomic mass is 79.9. The molecule has 232 valence electrons. The molecule has 0 aliphatic heterocycles. The van der Waals surface area contributed by atoms with Crippen LogP contribution in [0.2, 0.25) is 0 Å². The number of para-hydroxylation sites is 1. The number of aromatic nitrogens is 3. The van der Waals surface area contributed by atoms with Gasteiger partial charge in [0, 0.05) is 43.0 Å². The minimum Gasteiger partial charge on any atom is -0.356 e. The predicted molar refractivity (Wildman–Crippen MR) is 160 cm³/mol. The largest absolute Gasteiger partial charge is 0.416 e. The Morgan fingerprint density at radius 3 is 1.91 bits per heavy atom. The summed E-state index contributed by atoms with van der Waals surface area (Å²) in [6.45, 7) is 3.54. The molecule has 0 bridgehead atoms. The Labute approximate surface area is 259 Å². The van der Waals surface area contributed by atoms with E-state index in [0.717, 1.165) is 78.8 Å². The van der Waals surface area contributed by atoms with Crippen molar-refractivity contribution >= 4 is 38.6 Å². The Hall–Kier alpha value is -3.41. The molecule has 2 saturated carbocycles. The van der Waals surface area contributed by atoms with Gasteiger partial charge in [-0.1, -0.05) is 18.2 Å². The molecule has 0 radical (unpaired) electrons. The maximum absolute atomic E-state index is 13.7. The smallest absolute Gasteiger partial charge is 0.356 e. The summed E-state index contributed by atoms with van der Waals surface area (Å²) in [6, 6.07) is 9.45. The molecule has 5 nitrogen and oxygen atoms in total. The van der Waals surface area contributed by atoms with Gasteiger partial charge in [-0.3, -0.25) is 0 Å². The summed E-state index contributed by atoms with van der Waals surface area (Å²) in [7, 11) is 0. The minimum absolute atomic E-state index is 0.129. The molecule has 2 aromatic carbocycles. The minimum atomic E-state index is -4.95. The first-order chi connectivity index (χ1) is 20.8. The summed E-state index contributed by atoms with van der Waals surface area (Å²) in [5, 5.41) is 0.930. The van der Waals surface area contributed by atoms with E-state index in [1.54, 1.807) is 4.90 Å². The molecule has 2 fully saturated rings. The van der Waals surface area contributed by atoms with Gasteiger partial charge in [0.05, 0.1) is 27.7 Å². The van der Waals surface area contributed by atoms with Crippen LogP contribution in [0.4, 0.5) is 38.1 Å². The van der Waals surface area contributed by atoms with Crippen molar-refractivity contribution in [3.05, 3.63) is 87.1 Å². The second-order valence-electron chi connectivity index (χ2n) is 11.8. The average Bonchev–Trinajstić information content (AvgIpc) is 3.90. The van der Waals surface area contributed by atoms with Crippen LogP contribution in [0.15, 0.2) is 59.3 Å². The van der Waals surface area contributed by atoms with Crippen LogP contribution in [0.5, 0.6) is 0 Å². The van der Waals surface area contributed by atoms with Gasteiger partial charge in [0.2, 0.25) is 5.95 Å². The Kier molecular flexibility index (Phi) is 8.23. The molecule has 4 aromatic rings. The molecule has 0 N–H and O–H groups in total. The van der Waals surface area contributed by atoms with E-state index in [0.29, 0.717) is 16.3 Å². The van der Waals surface area contributed by atoms with Gasteiger partial charge < -0.3 is 9.80 Å². The third kappa shape index (κ3) is 7.11. The van der Waals surface area contributed by atoms with Crippen molar-refractivity contribution in [3.63, 3.8) is 0 Å². The maximum Gasteiger partial charge on any atom is 0.416 e. The van der Waals surface area contributed by atoms with Crippen molar-refractivity contribution in [2.45, 2.75) is 58.0 Å². The fraction of sp³-hybridized carbons (Fsp3) is 0.406. The number of alkyl halides is 6. The monoisotopic (exact) mass is 677 g/mol. The lowest BCUT2D eigenvalue weighted by Crippen LogP contribution is -2.32. The number of hydrogen-bond donors (Lipinski definition) is 0. The molecule has 2 aliphatic carbocycles. The molecule has 2 heterocycles. The van der Waals surface area contributed by atoms with Gasteiger partial charge in [-0.25, -0.2) is 15.0 Å². The molecule has 0 unspecified atom stereocenters. The lowest BCUT2D eigenvalue weighted by atomic mass is 10.0. The normalized spacial score (nSPS) is 15.5. The molecule has 2 aliphatic rings. The topological polar surface area (TPSA) is 45.2 Å². The molecule has 0 saturated heterocycles. The first kappa shape index (κ1) is 30.6. The number of aryl methyl sites for hydroxylation is 1. The van der Waals surface area contributed by atoms with Gasteiger partial charge >= 0.3 is 12.4 Å². The quantitative estimate of drug-likeness (QED) is 0.157. The van der Waals surface area contributed by atoms with Crippen molar-refractivity contribution in [1.82, 2.24) is 15.0 Å². The van der Waals surface area contributed by atoms with Crippen LogP contribution in [-0.2, 0) is 25.4 Å². The number of pyridine rings is 1. The molecular formula is C32H30BrF6N5. The number of nitrogens with zero attached hydrogens (tertiary/aromatic N) is 5. The molecule has 6 rings (SSSR count). The first-order valence-electron chi connectivity index (χ1n) is 14.5. The van der Waals surface area contributed by atoms with E-state index < -0.39 is 23.5 Å². The first-order valence-corrected chi connectivity index (χ1v) is 15.3. The standard InChI is InChI=1S/C32H30BrF6N5/c1-19-26-4-2-3-5-28(26)42-29(43(15-20-6-7-20)16-21-8-9-21)27(19)18-44(30-40-13-25(33)14-41-30)17-22-10-23(31(34,35)36)12-24(11-22)32(37,38)39/h2-5,10-14,20-21H,6-9,15-18H2,1H3. The van der Waals surface area contributed by atoms with Gasteiger partial charge in [-0.2, -0.15) is 26.3 Å². The number of rotatable bonds is 10. The zero-order valence-electron chi connectivity index (χ0n) is 23.9. The molecular weight excluding hydrogens is 648 g/mol. The van der Waals surface area contributed by atoms with Crippen molar-refractivity contribution < 1.29 is 26.3 Å². The number of fused-ring (bicyclic) bond motifs is 1. The van der Waals surface area contributed by atoms with E-state index in [1.807, 2.05) is 31.2 Å². The van der Waals surface area contributed by atoms with Gasteiger partial charge in [-0.05, 0) is 95.8 Å². The van der Waals surface area contributed by atoms with Gasteiger partial charge in [0.25, 0.3) is 0 Å². The van der Waals surface area contributed by atoms with Crippen LogP contribution in [0.25, 0.3) is 10.9 Å². The lowest BCUT2D eigenvalue weighted by Gasteiger charge is -2.31. The highest BCUT2D eigenvalue weighted by Gasteiger charge is 2.37. The van der Waals surface area contributed by atoms with Crippen LogP contribution in [-0.4, -0.2) is 28.0 Å². The second-order valence-corrected chi connectivity index (χ2v) is 12.7. The fourth-order valence-corrected chi connectivity index (χ4v) is 5.72. The van der Waals surface area contributed by atoms with Gasteiger partial charge in [-0.15, -0.1) is 0 Å². The Morgan fingerprint density at radius 1 is 0.795 bits per heavy atom. The SMILES string of the molecule is Cc1c(CN(Cc2cc(C(F)(F)F)cc(C(F)(F)F)c2)c2ncc(Br)cn2)c(N(CC2CC2)CC2CC2)nc2ccccc12. The van der Waals surface area contributed by atoms with E-state index >= 15 is 0 Å². The van der Waals surface area contributed by atoms with Crippen LogP contribution < -0.4 is 9.80 Å². The fourth-order valence-electron chi connectivity index (χ4n) is 5.51. The summed E-state index contributed by atoms with van der Waals surface area (Å²) in [5.41, 5.74) is -0.241. The van der Waals surface area contributed by atoms with Gasteiger partial charge in [0.1, 0.15) is 5.82 Å². The van der Waals surface area contributed by atoms with Crippen LogP contribution in [0.3, 0.4) is 0 Å². The van der Waals surface area contributed by atoms with Crippen LogP contribution in [0.1, 0.15) is 53.5 Å². The summed E-state index contributed by atoms with van der Waals surface area (Å²) in [6.07, 6.45) is -2.29. The van der Waals surface area contributed by atoms with E-state index in [2.05, 4.69) is 30.8 Å². The van der Waals surface area contributed by atoms with Crippen molar-refractivity contribution in [2.75, 3.05) is 22.9 Å². The third-order valence-corrected chi connectivity index (χ3v) is 8.58. The molecule has 0 amide bonds. The van der Waals surface area contributed by atoms with Gasteiger partial charge in [0.15, 0.2) is 0 Å². The lowest BCUT2D eigenvalue weighted by molar-refractivity contribution is -0.143. The number of anilines is 2. The zero-order valence-corrected chi connectivity index (χ0v) is 25.5. The zero-order chi connectivity index (χ0) is 31.2. The van der Waals surface area contributed by atoms with E-state index in [-0.39, 0.29) is 30.7 Å². The van der Waals surface area contributed by atoms with Crippen LogP contribution in [0, 0.1) is 18.8 Å². The number of halogens is 7. The average molecular weight is 679 g/mol. The molecule has 0 spiro atoms. The van der Waals surface area contributed by atoms with Crippen LogP contribution >= 0.6 is 15.9 Å². The van der Waals surface area contributed by atoms with E-state index in [9.17, 15) is 26.3 Å². The highest BCUT2D eigenvalue weighted by Crippen LogP contribution is 2.40. The third-order valence-electron chi connectivity index (χ3n) is 8.17. The molecule has 0 atom stereocenters. The Bertz CT molecular complexity index is 1600. The summed E-state index contributed by atoms with van der Waals surface area (Å²) >= 11 is 3.31. The summed E-state index contributed by atoms with van der Waals surface area (Å²) in [5.74, 6) is 2.12. The van der Waals surface area contributed by atoms with E-state index in [1.165, 1.54) is 12.4 Å². The summed E-state index contributed by atoms with van der Waals surface area (Å²) in [4.78, 5) is 17.8. The highest BCUT2D eigenvalue weighted by molar-refractivity contribution is 9.10. The van der Waals surface area contributed by atoms with E-state index in [4.69, 9.17) is 4.98 Å². The predicted octanol–water partition coefficient (Wildman–Crippen LogP) is 8.97. The Morgan fingerprint density at radius 2 is 1.36 bits per heavy atom. The van der Waals surface area contributed by atoms with Crippen molar-refractivity contribution in [3.8, 4) is 0 Å². The Balaban J connectivity index is 1.46. The van der Waals surface area contributed by atoms with Crippen molar-refractivity contribution in [2.24, 2.45) is 11.8 Å². The number of benzene rings is 2. The van der Waals surface area contributed by atoms with Crippen molar-refractivity contribution in [1.29, 1.82) is 0 Å². The molecule has 2 aromatic heterocycles. The second kappa shape index (κ2) is 11.8. The maximum atomic E-state index is 13.7. The molecule has 44 heavy (non-hydrogen) atoms. The summed E-state index contributed by atoms with van der Waals surface area (Å²) < 4.78 is 82.9. The molecule has 12 heteroatoms. The number of hydrogen-bond acceptors (Lipinski definition) is 5.